The van der Waals surface area contributed by atoms with Crippen molar-refractivity contribution in [1.82, 2.24) is 9.97 Å². The minimum Gasteiger partial charge on any atom is -0.496 e. The molecule has 0 aliphatic heterocycles. The van der Waals surface area contributed by atoms with Crippen molar-refractivity contribution >= 4 is 22.6 Å². The first-order valence-corrected chi connectivity index (χ1v) is 8.20. The summed E-state index contributed by atoms with van der Waals surface area (Å²) in [5.74, 6) is 0.988. The first-order chi connectivity index (χ1) is 12.0. The number of benzene rings is 2. The third-order valence-corrected chi connectivity index (χ3v) is 3.84. The Morgan fingerprint density at radius 1 is 1.20 bits per heavy atom. The van der Waals surface area contributed by atoms with E-state index in [2.05, 4.69) is 15.3 Å². The zero-order valence-corrected chi connectivity index (χ0v) is 14.8. The maximum absolute atomic E-state index is 12.9. The Balaban J connectivity index is 2.07. The van der Waals surface area contributed by atoms with Crippen molar-refractivity contribution in [3.63, 3.8) is 0 Å². The summed E-state index contributed by atoms with van der Waals surface area (Å²) in [6.45, 7) is 6.01. The lowest BCUT2D eigenvalue weighted by Crippen LogP contribution is -2.12. The lowest BCUT2D eigenvalue weighted by molar-refractivity contribution is 0.103. The lowest BCUT2D eigenvalue weighted by Gasteiger charge is -2.12. The minimum atomic E-state index is -0.0770. The number of hydrogen-bond donors (Lipinski definition) is 1. The summed E-state index contributed by atoms with van der Waals surface area (Å²) in [6, 6.07) is 11.3. The summed E-state index contributed by atoms with van der Waals surface area (Å²) < 4.78 is 5.45. The van der Waals surface area contributed by atoms with E-state index in [-0.39, 0.29) is 11.8 Å². The molecule has 5 nitrogen and oxygen atoms in total. The molecule has 1 N–H and O–H groups in total. The minimum absolute atomic E-state index is 0.0770. The molecule has 0 fully saturated rings. The molecule has 1 heterocycles. The van der Waals surface area contributed by atoms with E-state index in [1.54, 1.807) is 25.4 Å². The van der Waals surface area contributed by atoms with Crippen molar-refractivity contribution in [2.45, 2.75) is 26.8 Å². The smallest absolute Gasteiger partial charge is 0.223 e. The van der Waals surface area contributed by atoms with Crippen molar-refractivity contribution in [1.29, 1.82) is 0 Å². The number of nitrogens with zero attached hydrogens (tertiary/aromatic N) is 2. The number of ether oxygens (including phenoxy) is 1. The zero-order valence-electron chi connectivity index (χ0n) is 14.8. The monoisotopic (exact) mass is 335 g/mol. The second-order valence-electron chi connectivity index (χ2n) is 6.30. The van der Waals surface area contributed by atoms with Gasteiger partial charge in [-0.3, -0.25) is 4.79 Å². The summed E-state index contributed by atoms with van der Waals surface area (Å²) in [6.07, 6.45) is 1.72. The number of methoxy groups -OCH3 is 1. The number of fused-ring (bicyclic) bond motifs is 1. The van der Waals surface area contributed by atoms with Crippen LogP contribution in [-0.4, -0.2) is 28.9 Å². The Morgan fingerprint density at radius 3 is 2.68 bits per heavy atom. The molecule has 0 unspecified atom stereocenters. The van der Waals surface area contributed by atoms with Crippen LogP contribution in [-0.2, 0) is 0 Å². The van der Waals surface area contributed by atoms with E-state index >= 15 is 0 Å². The molecule has 3 aromatic rings. The molecule has 0 aliphatic carbocycles. The predicted molar refractivity (Wildman–Crippen MR) is 99.5 cm³/mol. The molecule has 0 spiro atoms. The molecule has 0 saturated heterocycles. The maximum Gasteiger partial charge on any atom is 0.223 e. The van der Waals surface area contributed by atoms with Crippen LogP contribution in [0, 0.1) is 6.92 Å². The molecule has 0 aliphatic rings. The van der Waals surface area contributed by atoms with Crippen molar-refractivity contribution in [3.8, 4) is 5.75 Å². The molecule has 1 aromatic heterocycles. The SMILES string of the molecule is COc1cc2nc(NC(C)C)ncc2cc1C(=O)c1cccc(C)c1. The van der Waals surface area contributed by atoms with Crippen LogP contribution in [0.5, 0.6) is 5.75 Å². The predicted octanol–water partition coefficient (Wildman–Crippen LogP) is 4.00. The second-order valence-corrected chi connectivity index (χ2v) is 6.30. The summed E-state index contributed by atoms with van der Waals surface area (Å²) in [7, 11) is 1.56. The summed E-state index contributed by atoms with van der Waals surface area (Å²) >= 11 is 0. The molecular weight excluding hydrogens is 314 g/mol. The van der Waals surface area contributed by atoms with E-state index in [1.165, 1.54) is 0 Å². The van der Waals surface area contributed by atoms with E-state index in [0.29, 0.717) is 22.8 Å². The molecule has 0 radical (unpaired) electrons. The van der Waals surface area contributed by atoms with Crippen molar-refractivity contribution in [2.24, 2.45) is 0 Å². The van der Waals surface area contributed by atoms with Crippen LogP contribution in [0.1, 0.15) is 35.3 Å². The fourth-order valence-electron chi connectivity index (χ4n) is 2.68. The number of hydrogen-bond acceptors (Lipinski definition) is 5. The Morgan fingerprint density at radius 2 is 2.00 bits per heavy atom. The number of rotatable bonds is 5. The fraction of sp³-hybridized carbons (Fsp3) is 0.250. The Bertz CT molecular complexity index is 935. The molecular formula is C20H21N3O2. The maximum atomic E-state index is 12.9. The highest BCUT2D eigenvalue weighted by molar-refractivity contribution is 6.12. The van der Waals surface area contributed by atoms with E-state index < -0.39 is 0 Å². The van der Waals surface area contributed by atoms with Gasteiger partial charge in [-0.2, -0.15) is 0 Å². The van der Waals surface area contributed by atoms with Gasteiger partial charge in [0.05, 0.1) is 18.2 Å². The standard InChI is InChI=1S/C20H21N3O2/c1-12(2)22-20-21-11-15-9-16(18(25-4)10-17(15)23-20)19(24)14-7-5-6-13(3)8-14/h5-12H,1-4H3,(H,21,22,23). The number of nitrogens with one attached hydrogen (secondary N) is 1. The molecule has 0 atom stereocenters. The van der Waals surface area contributed by atoms with Crippen LogP contribution >= 0.6 is 0 Å². The summed E-state index contributed by atoms with van der Waals surface area (Å²) in [5, 5.41) is 3.97. The molecule has 2 aromatic carbocycles. The summed E-state index contributed by atoms with van der Waals surface area (Å²) in [5.41, 5.74) is 2.92. The third-order valence-electron chi connectivity index (χ3n) is 3.84. The largest absolute Gasteiger partial charge is 0.496 e. The van der Waals surface area contributed by atoms with Crippen LogP contribution in [0.15, 0.2) is 42.6 Å². The topological polar surface area (TPSA) is 64.1 Å². The molecule has 128 valence electrons. The molecule has 0 saturated carbocycles. The van der Waals surface area contributed by atoms with Gasteiger partial charge in [0, 0.05) is 29.3 Å². The first kappa shape index (κ1) is 16.9. The number of anilines is 1. The van der Waals surface area contributed by atoms with E-state index in [4.69, 9.17) is 4.74 Å². The molecule has 0 amide bonds. The molecule has 5 heteroatoms. The lowest BCUT2D eigenvalue weighted by atomic mass is 9.99. The van der Waals surface area contributed by atoms with Gasteiger partial charge in [0.15, 0.2) is 5.78 Å². The summed E-state index contributed by atoms with van der Waals surface area (Å²) in [4.78, 5) is 21.7. The highest BCUT2D eigenvalue weighted by Crippen LogP contribution is 2.27. The van der Waals surface area contributed by atoms with E-state index in [0.717, 1.165) is 16.5 Å². The highest BCUT2D eigenvalue weighted by atomic mass is 16.5. The van der Waals surface area contributed by atoms with Gasteiger partial charge in [-0.05, 0) is 32.9 Å². The van der Waals surface area contributed by atoms with Crippen LogP contribution < -0.4 is 10.1 Å². The average Bonchev–Trinajstić information content (AvgIpc) is 2.59. The second kappa shape index (κ2) is 6.89. The van der Waals surface area contributed by atoms with E-state index in [1.807, 2.05) is 45.0 Å². The number of carbonyl (C=O) groups is 1. The Kier molecular flexibility index (Phi) is 4.65. The molecule has 0 bridgehead atoms. The van der Waals surface area contributed by atoms with Gasteiger partial charge in [0.1, 0.15) is 5.75 Å². The van der Waals surface area contributed by atoms with Crippen LogP contribution in [0.2, 0.25) is 0 Å². The Labute approximate surface area is 147 Å². The third kappa shape index (κ3) is 3.60. The number of ketones is 1. The van der Waals surface area contributed by atoms with Gasteiger partial charge in [0.25, 0.3) is 0 Å². The van der Waals surface area contributed by atoms with Gasteiger partial charge in [-0.25, -0.2) is 9.97 Å². The van der Waals surface area contributed by atoms with Gasteiger partial charge in [-0.1, -0.05) is 23.8 Å². The highest BCUT2D eigenvalue weighted by Gasteiger charge is 2.17. The number of aryl methyl sites for hydroxylation is 1. The van der Waals surface area contributed by atoms with Gasteiger partial charge >= 0.3 is 0 Å². The quantitative estimate of drug-likeness (QED) is 0.714. The van der Waals surface area contributed by atoms with Crippen molar-refractivity contribution in [2.75, 3.05) is 12.4 Å². The normalized spacial score (nSPS) is 10.9. The fourth-order valence-corrected chi connectivity index (χ4v) is 2.68. The van der Waals surface area contributed by atoms with Crippen molar-refractivity contribution < 1.29 is 9.53 Å². The Hall–Kier alpha value is -2.95. The zero-order chi connectivity index (χ0) is 18.0. The average molecular weight is 335 g/mol. The van der Waals surface area contributed by atoms with Gasteiger partial charge in [0.2, 0.25) is 5.95 Å². The van der Waals surface area contributed by atoms with E-state index in [9.17, 15) is 4.79 Å². The molecule has 3 rings (SSSR count). The van der Waals surface area contributed by atoms with Crippen LogP contribution in [0.3, 0.4) is 0 Å². The van der Waals surface area contributed by atoms with Crippen LogP contribution in [0.25, 0.3) is 10.9 Å². The number of carbonyl (C=O) groups excluding carboxylic acids is 1. The first-order valence-electron chi connectivity index (χ1n) is 8.20. The molecule has 25 heavy (non-hydrogen) atoms. The number of aromatic nitrogens is 2. The van der Waals surface area contributed by atoms with Gasteiger partial charge in [-0.15, -0.1) is 0 Å². The van der Waals surface area contributed by atoms with Crippen LogP contribution in [0.4, 0.5) is 5.95 Å². The van der Waals surface area contributed by atoms with Crippen molar-refractivity contribution in [3.05, 3.63) is 59.3 Å². The van der Waals surface area contributed by atoms with Gasteiger partial charge < -0.3 is 10.1 Å².